The molecule has 0 aliphatic carbocycles. The van der Waals surface area contributed by atoms with E-state index in [4.69, 9.17) is 22.2 Å². The number of hydrogen-bond acceptors (Lipinski definition) is 5. The van der Waals surface area contributed by atoms with Gasteiger partial charge in [-0.1, -0.05) is 11.6 Å². The standard InChI is InChI=1S/C11H9ClFN3O2S/c12-8-3-6(13)1-2-9(8)18-4-7-5-19-11(15-7)10(17)16-14/h1-3,5H,4,14H2,(H,16,17). The molecule has 1 amide bonds. The van der Waals surface area contributed by atoms with E-state index in [-0.39, 0.29) is 16.6 Å². The van der Waals surface area contributed by atoms with Crippen LogP contribution in [0, 0.1) is 5.82 Å². The molecule has 0 fully saturated rings. The Bertz CT molecular complexity index is 605. The van der Waals surface area contributed by atoms with E-state index in [0.717, 1.165) is 17.4 Å². The van der Waals surface area contributed by atoms with E-state index >= 15 is 0 Å². The number of ether oxygens (including phenoxy) is 1. The lowest BCUT2D eigenvalue weighted by Crippen LogP contribution is -2.29. The number of nitrogens with one attached hydrogen (secondary N) is 1. The molecule has 1 aromatic heterocycles. The van der Waals surface area contributed by atoms with Gasteiger partial charge in [-0.15, -0.1) is 11.3 Å². The van der Waals surface area contributed by atoms with Crippen LogP contribution < -0.4 is 16.0 Å². The maximum Gasteiger partial charge on any atom is 0.294 e. The van der Waals surface area contributed by atoms with Gasteiger partial charge in [0.05, 0.1) is 10.7 Å². The van der Waals surface area contributed by atoms with Gasteiger partial charge in [0.2, 0.25) is 0 Å². The Morgan fingerprint density at radius 3 is 3.05 bits per heavy atom. The number of hydrogen-bond donors (Lipinski definition) is 2. The van der Waals surface area contributed by atoms with Gasteiger partial charge >= 0.3 is 0 Å². The van der Waals surface area contributed by atoms with E-state index in [1.54, 1.807) is 5.38 Å². The summed E-state index contributed by atoms with van der Waals surface area (Å²) in [5, 5.41) is 2.09. The number of amides is 1. The fourth-order valence-corrected chi connectivity index (χ4v) is 2.21. The molecule has 0 bridgehead atoms. The van der Waals surface area contributed by atoms with Crippen LogP contribution in [0.25, 0.3) is 0 Å². The highest BCUT2D eigenvalue weighted by Gasteiger charge is 2.10. The molecule has 1 heterocycles. The Labute approximate surface area is 117 Å². The second-order valence-electron chi connectivity index (χ2n) is 3.48. The van der Waals surface area contributed by atoms with Crippen molar-refractivity contribution in [3.63, 3.8) is 0 Å². The number of hydrazine groups is 1. The van der Waals surface area contributed by atoms with Crippen molar-refractivity contribution in [1.82, 2.24) is 10.4 Å². The van der Waals surface area contributed by atoms with Gasteiger partial charge in [-0.25, -0.2) is 15.2 Å². The first-order valence-corrected chi connectivity index (χ1v) is 6.39. The molecule has 3 N–H and O–H groups in total. The van der Waals surface area contributed by atoms with E-state index in [0.29, 0.717) is 11.4 Å². The monoisotopic (exact) mass is 301 g/mol. The Hall–Kier alpha value is -1.70. The summed E-state index contributed by atoms with van der Waals surface area (Å²) in [5.74, 6) is 4.44. The van der Waals surface area contributed by atoms with Crippen molar-refractivity contribution < 1.29 is 13.9 Å². The number of nitrogens with two attached hydrogens (primary N) is 1. The van der Waals surface area contributed by atoms with E-state index in [9.17, 15) is 9.18 Å². The topological polar surface area (TPSA) is 77.2 Å². The Morgan fingerprint density at radius 2 is 2.37 bits per heavy atom. The predicted molar refractivity (Wildman–Crippen MR) is 69.5 cm³/mol. The summed E-state index contributed by atoms with van der Waals surface area (Å²) in [5.41, 5.74) is 2.55. The number of carbonyl (C=O) groups excluding carboxylic acids is 1. The van der Waals surface area contributed by atoms with E-state index in [1.807, 2.05) is 5.43 Å². The number of benzene rings is 1. The van der Waals surface area contributed by atoms with Crippen molar-refractivity contribution in [3.05, 3.63) is 45.1 Å². The van der Waals surface area contributed by atoms with Gasteiger partial charge in [0.1, 0.15) is 18.2 Å². The quantitative estimate of drug-likeness (QED) is 0.515. The number of nitrogens with zero attached hydrogens (tertiary/aromatic N) is 1. The number of nitrogen functional groups attached to an aromatic ring is 1. The molecule has 8 heteroatoms. The van der Waals surface area contributed by atoms with Crippen LogP contribution in [-0.2, 0) is 6.61 Å². The number of aromatic nitrogens is 1. The zero-order valence-corrected chi connectivity index (χ0v) is 11.1. The second-order valence-corrected chi connectivity index (χ2v) is 4.75. The summed E-state index contributed by atoms with van der Waals surface area (Å²) in [6.45, 7) is 0.125. The lowest BCUT2D eigenvalue weighted by atomic mass is 10.3. The van der Waals surface area contributed by atoms with Crippen LogP contribution >= 0.6 is 22.9 Å². The number of rotatable bonds is 4. The summed E-state index contributed by atoms with van der Waals surface area (Å²) >= 11 is 6.96. The lowest BCUT2D eigenvalue weighted by Gasteiger charge is -2.05. The van der Waals surface area contributed by atoms with Crippen molar-refractivity contribution in [2.24, 2.45) is 5.84 Å². The Morgan fingerprint density at radius 1 is 1.58 bits per heavy atom. The van der Waals surface area contributed by atoms with Gasteiger partial charge in [0, 0.05) is 5.38 Å². The van der Waals surface area contributed by atoms with Crippen LogP contribution in [0.15, 0.2) is 23.6 Å². The average Bonchev–Trinajstić information content (AvgIpc) is 2.85. The zero-order valence-electron chi connectivity index (χ0n) is 9.52. The third kappa shape index (κ3) is 3.40. The minimum atomic E-state index is -0.462. The van der Waals surface area contributed by atoms with Crippen LogP contribution in [0.4, 0.5) is 4.39 Å². The number of halogens is 2. The Balaban J connectivity index is 2.02. The number of carbonyl (C=O) groups is 1. The molecular weight excluding hydrogens is 293 g/mol. The van der Waals surface area contributed by atoms with Crippen LogP contribution in [0.3, 0.4) is 0 Å². The van der Waals surface area contributed by atoms with Gasteiger partial charge in [-0.3, -0.25) is 10.2 Å². The van der Waals surface area contributed by atoms with Crippen LogP contribution in [0.5, 0.6) is 5.75 Å². The first-order valence-electron chi connectivity index (χ1n) is 5.13. The maximum absolute atomic E-state index is 12.8. The van der Waals surface area contributed by atoms with Gasteiger partial charge in [-0.2, -0.15) is 0 Å². The molecule has 0 saturated carbocycles. The molecule has 0 spiro atoms. The van der Waals surface area contributed by atoms with Crippen LogP contribution in [0.1, 0.15) is 15.5 Å². The fraction of sp³-hybridized carbons (Fsp3) is 0.0909. The summed E-state index contributed by atoms with van der Waals surface area (Å²) in [6.07, 6.45) is 0. The van der Waals surface area contributed by atoms with E-state index < -0.39 is 11.7 Å². The van der Waals surface area contributed by atoms with Crippen LogP contribution in [-0.4, -0.2) is 10.9 Å². The summed E-state index contributed by atoms with van der Waals surface area (Å²) in [6, 6.07) is 3.83. The minimum Gasteiger partial charge on any atom is -0.486 e. The largest absolute Gasteiger partial charge is 0.486 e. The van der Waals surface area contributed by atoms with Gasteiger partial charge in [0.25, 0.3) is 5.91 Å². The molecule has 0 aliphatic heterocycles. The molecule has 0 aliphatic rings. The normalized spacial score (nSPS) is 10.3. The van der Waals surface area contributed by atoms with E-state index in [2.05, 4.69) is 4.98 Å². The maximum atomic E-state index is 12.8. The van der Waals surface area contributed by atoms with E-state index in [1.165, 1.54) is 12.1 Å². The van der Waals surface area contributed by atoms with Gasteiger partial charge < -0.3 is 4.74 Å². The predicted octanol–water partition coefficient (Wildman–Crippen LogP) is 2.12. The first-order chi connectivity index (χ1) is 9.10. The smallest absolute Gasteiger partial charge is 0.294 e. The molecule has 19 heavy (non-hydrogen) atoms. The Kier molecular flexibility index (Phi) is 4.31. The van der Waals surface area contributed by atoms with Crippen molar-refractivity contribution in [2.45, 2.75) is 6.61 Å². The van der Waals surface area contributed by atoms with Crippen molar-refractivity contribution in [2.75, 3.05) is 0 Å². The highest BCUT2D eigenvalue weighted by atomic mass is 35.5. The molecule has 0 radical (unpaired) electrons. The third-order valence-electron chi connectivity index (χ3n) is 2.15. The van der Waals surface area contributed by atoms with Crippen molar-refractivity contribution >= 4 is 28.8 Å². The molecule has 0 saturated heterocycles. The SMILES string of the molecule is NNC(=O)c1nc(COc2ccc(F)cc2Cl)cs1. The molecule has 2 rings (SSSR count). The molecule has 2 aromatic rings. The third-order valence-corrected chi connectivity index (χ3v) is 3.33. The van der Waals surface area contributed by atoms with Crippen molar-refractivity contribution in [1.29, 1.82) is 0 Å². The first kappa shape index (κ1) is 13.7. The summed E-state index contributed by atoms with van der Waals surface area (Å²) in [7, 11) is 0. The molecule has 5 nitrogen and oxygen atoms in total. The van der Waals surface area contributed by atoms with Crippen LogP contribution in [0.2, 0.25) is 5.02 Å². The average molecular weight is 302 g/mol. The molecular formula is C11H9ClFN3O2S. The summed E-state index contributed by atoms with van der Waals surface area (Å²) in [4.78, 5) is 15.2. The molecule has 100 valence electrons. The highest BCUT2D eigenvalue weighted by molar-refractivity contribution is 7.11. The minimum absolute atomic E-state index is 0.125. The molecule has 0 atom stereocenters. The van der Waals surface area contributed by atoms with Crippen molar-refractivity contribution in [3.8, 4) is 5.75 Å². The lowest BCUT2D eigenvalue weighted by molar-refractivity contribution is 0.0953. The molecule has 1 aromatic carbocycles. The molecule has 0 unspecified atom stereocenters. The van der Waals surface area contributed by atoms with Gasteiger partial charge in [0.15, 0.2) is 5.01 Å². The summed E-state index contributed by atoms with van der Waals surface area (Å²) < 4.78 is 18.2. The highest BCUT2D eigenvalue weighted by Crippen LogP contribution is 2.25. The fourth-order valence-electron chi connectivity index (χ4n) is 1.28. The van der Waals surface area contributed by atoms with Gasteiger partial charge in [-0.05, 0) is 18.2 Å². The number of thiazole rings is 1. The second kappa shape index (κ2) is 5.96. The zero-order chi connectivity index (χ0) is 13.8.